The first-order chi connectivity index (χ1) is 11.1. The molecule has 3 rings (SSSR count). The maximum Gasteiger partial charge on any atom is 0.225 e. The molecule has 0 fully saturated rings. The summed E-state index contributed by atoms with van der Waals surface area (Å²) in [5.74, 6) is 0.659. The fourth-order valence-electron chi connectivity index (χ4n) is 2.55. The summed E-state index contributed by atoms with van der Waals surface area (Å²) in [6.45, 7) is 3.68. The van der Waals surface area contributed by atoms with Crippen LogP contribution >= 0.6 is 11.3 Å². The molecule has 0 radical (unpaired) electrons. The molecule has 0 aliphatic heterocycles. The first-order valence-electron chi connectivity index (χ1n) is 7.44. The lowest BCUT2D eigenvalue weighted by Gasteiger charge is -2.18. The summed E-state index contributed by atoms with van der Waals surface area (Å²) in [7, 11) is 0. The van der Waals surface area contributed by atoms with E-state index in [-0.39, 0.29) is 18.4 Å². The van der Waals surface area contributed by atoms with Crippen molar-refractivity contribution in [1.29, 1.82) is 0 Å². The number of amides is 1. The summed E-state index contributed by atoms with van der Waals surface area (Å²) in [5, 5.41) is 9.05. The number of nitrogens with one attached hydrogen (secondary N) is 1. The molecule has 0 saturated carbocycles. The van der Waals surface area contributed by atoms with Gasteiger partial charge in [-0.2, -0.15) is 0 Å². The molecule has 1 atom stereocenters. The molecule has 118 valence electrons. The van der Waals surface area contributed by atoms with Crippen molar-refractivity contribution < 1.29 is 9.32 Å². The molecule has 0 bridgehead atoms. The maximum absolute atomic E-state index is 12.5. The Balaban J connectivity index is 1.80. The van der Waals surface area contributed by atoms with Gasteiger partial charge in [0, 0.05) is 10.4 Å². The molecule has 0 unspecified atom stereocenters. The highest BCUT2D eigenvalue weighted by molar-refractivity contribution is 7.10. The van der Waals surface area contributed by atoms with Gasteiger partial charge in [-0.3, -0.25) is 4.79 Å². The summed E-state index contributed by atoms with van der Waals surface area (Å²) in [5.41, 5.74) is 2.70. The predicted molar refractivity (Wildman–Crippen MR) is 90.4 cm³/mol. The Bertz CT molecular complexity index is 759. The Morgan fingerprint density at radius 1 is 1.22 bits per heavy atom. The van der Waals surface area contributed by atoms with Gasteiger partial charge in [0.1, 0.15) is 5.76 Å². The SMILES string of the molecule is Cc1noc(C)c1CC(=O)N[C@H](c1ccccc1)c1cccs1. The lowest BCUT2D eigenvalue weighted by Crippen LogP contribution is -2.30. The molecule has 0 aliphatic rings. The summed E-state index contributed by atoms with van der Waals surface area (Å²) >= 11 is 1.64. The number of aryl methyl sites for hydroxylation is 2. The molecule has 0 saturated heterocycles. The Hall–Kier alpha value is -2.40. The molecule has 0 aliphatic carbocycles. The van der Waals surface area contributed by atoms with Crippen molar-refractivity contribution in [2.24, 2.45) is 0 Å². The van der Waals surface area contributed by atoms with Gasteiger partial charge in [-0.05, 0) is 30.9 Å². The molecular weight excluding hydrogens is 308 g/mol. The first kappa shape index (κ1) is 15.5. The van der Waals surface area contributed by atoms with E-state index in [0.717, 1.165) is 21.7 Å². The smallest absolute Gasteiger partial charge is 0.225 e. The van der Waals surface area contributed by atoms with Crippen LogP contribution in [-0.2, 0) is 11.2 Å². The lowest BCUT2D eigenvalue weighted by molar-refractivity contribution is -0.120. The van der Waals surface area contributed by atoms with Crippen molar-refractivity contribution in [2.75, 3.05) is 0 Å². The van der Waals surface area contributed by atoms with E-state index in [4.69, 9.17) is 4.52 Å². The zero-order valence-corrected chi connectivity index (χ0v) is 13.9. The summed E-state index contributed by atoms with van der Waals surface area (Å²) in [6, 6.07) is 13.9. The monoisotopic (exact) mass is 326 g/mol. The number of rotatable bonds is 5. The van der Waals surface area contributed by atoms with Crippen LogP contribution in [0.1, 0.15) is 33.5 Å². The third kappa shape index (κ3) is 3.51. The quantitative estimate of drug-likeness (QED) is 0.776. The van der Waals surface area contributed by atoms with Crippen LogP contribution < -0.4 is 5.32 Å². The molecule has 1 N–H and O–H groups in total. The Morgan fingerprint density at radius 3 is 2.61 bits per heavy atom. The van der Waals surface area contributed by atoms with E-state index in [1.165, 1.54) is 0 Å². The number of nitrogens with zero attached hydrogens (tertiary/aromatic N) is 1. The second-order valence-electron chi connectivity index (χ2n) is 5.41. The molecule has 4 nitrogen and oxygen atoms in total. The number of carbonyl (C=O) groups is 1. The third-order valence-electron chi connectivity index (χ3n) is 3.78. The molecule has 3 aromatic rings. The van der Waals surface area contributed by atoms with Crippen molar-refractivity contribution in [1.82, 2.24) is 10.5 Å². The van der Waals surface area contributed by atoms with E-state index >= 15 is 0 Å². The number of hydrogen-bond acceptors (Lipinski definition) is 4. The minimum atomic E-state index is -0.135. The van der Waals surface area contributed by atoms with Crippen molar-refractivity contribution in [3.8, 4) is 0 Å². The molecule has 5 heteroatoms. The van der Waals surface area contributed by atoms with Gasteiger partial charge in [0.25, 0.3) is 0 Å². The first-order valence-corrected chi connectivity index (χ1v) is 8.32. The molecule has 1 amide bonds. The molecular formula is C18H18N2O2S. The second kappa shape index (κ2) is 6.79. The number of thiophene rings is 1. The van der Waals surface area contributed by atoms with Crippen LogP contribution in [0.2, 0.25) is 0 Å². The van der Waals surface area contributed by atoms with Gasteiger partial charge in [0.05, 0.1) is 18.2 Å². The van der Waals surface area contributed by atoms with Crippen LogP contribution in [0.15, 0.2) is 52.4 Å². The standard InChI is InChI=1S/C18H18N2O2S/c1-12-15(13(2)22-20-12)11-17(21)19-18(16-9-6-10-23-16)14-7-4-3-5-8-14/h3-10,18H,11H2,1-2H3,(H,19,21)/t18-/m1/s1. The van der Waals surface area contributed by atoms with E-state index in [1.54, 1.807) is 11.3 Å². The highest BCUT2D eigenvalue weighted by atomic mass is 32.1. The van der Waals surface area contributed by atoms with Crippen LogP contribution in [0.5, 0.6) is 0 Å². The predicted octanol–water partition coefficient (Wildman–Crippen LogP) is 3.80. The van der Waals surface area contributed by atoms with Gasteiger partial charge in [-0.15, -0.1) is 11.3 Å². The van der Waals surface area contributed by atoms with Crippen LogP contribution in [0.4, 0.5) is 0 Å². The Labute approximate surface area is 139 Å². The Morgan fingerprint density at radius 2 is 2.00 bits per heavy atom. The molecule has 2 heterocycles. The zero-order chi connectivity index (χ0) is 16.2. The van der Waals surface area contributed by atoms with Gasteiger partial charge >= 0.3 is 0 Å². The largest absolute Gasteiger partial charge is 0.361 e. The van der Waals surface area contributed by atoms with Crippen molar-refractivity contribution in [2.45, 2.75) is 26.3 Å². The Kier molecular flexibility index (Phi) is 4.57. The average Bonchev–Trinajstić information content (AvgIpc) is 3.19. The van der Waals surface area contributed by atoms with Gasteiger partial charge in [-0.25, -0.2) is 0 Å². The summed E-state index contributed by atoms with van der Waals surface area (Å²) in [4.78, 5) is 13.6. The van der Waals surface area contributed by atoms with Crippen LogP contribution in [0.3, 0.4) is 0 Å². The fraction of sp³-hybridized carbons (Fsp3) is 0.222. The molecule has 0 spiro atoms. The van der Waals surface area contributed by atoms with Crippen molar-refractivity contribution >= 4 is 17.2 Å². The lowest BCUT2D eigenvalue weighted by atomic mass is 10.0. The van der Waals surface area contributed by atoms with E-state index in [9.17, 15) is 4.79 Å². The summed E-state index contributed by atoms with van der Waals surface area (Å²) < 4.78 is 5.13. The maximum atomic E-state index is 12.5. The molecule has 23 heavy (non-hydrogen) atoms. The number of benzene rings is 1. The molecule has 1 aromatic carbocycles. The van der Waals surface area contributed by atoms with Crippen molar-refractivity contribution in [3.05, 3.63) is 75.3 Å². The number of aromatic nitrogens is 1. The van der Waals surface area contributed by atoms with Gasteiger partial charge in [0.15, 0.2) is 0 Å². The van der Waals surface area contributed by atoms with Gasteiger partial charge < -0.3 is 9.84 Å². The minimum Gasteiger partial charge on any atom is -0.361 e. The number of carbonyl (C=O) groups excluding carboxylic acids is 1. The van der Waals surface area contributed by atoms with Crippen LogP contribution in [0.25, 0.3) is 0 Å². The van der Waals surface area contributed by atoms with Crippen molar-refractivity contribution in [3.63, 3.8) is 0 Å². The topological polar surface area (TPSA) is 55.1 Å². The number of hydrogen-bond donors (Lipinski definition) is 1. The minimum absolute atomic E-state index is 0.0401. The van der Waals surface area contributed by atoms with Gasteiger partial charge in [-0.1, -0.05) is 41.6 Å². The second-order valence-corrected chi connectivity index (χ2v) is 6.39. The fourth-order valence-corrected chi connectivity index (χ4v) is 3.35. The third-order valence-corrected chi connectivity index (χ3v) is 4.72. The van der Waals surface area contributed by atoms with Crippen LogP contribution in [0, 0.1) is 13.8 Å². The van der Waals surface area contributed by atoms with E-state index in [1.807, 2.05) is 61.7 Å². The van der Waals surface area contributed by atoms with Gasteiger partial charge in [0.2, 0.25) is 5.91 Å². The van der Waals surface area contributed by atoms with E-state index < -0.39 is 0 Å². The normalized spacial score (nSPS) is 12.1. The van der Waals surface area contributed by atoms with E-state index in [0.29, 0.717) is 5.76 Å². The summed E-state index contributed by atoms with van der Waals surface area (Å²) in [6.07, 6.45) is 0.274. The highest BCUT2D eigenvalue weighted by Gasteiger charge is 2.20. The van der Waals surface area contributed by atoms with Crippen LogP contribution in [-0.4, -0.2) is 11.1 Å². The molecule has 2 aromatic heterocycles. The average molecular weight is 326 g/mol. The van der Waals surface area contributed by atoms with E-state index in [2.05, 4.69) is 10.5 Å². The highest BCUT2D eigenvalue weighted by Crippen LogP contribution is 2.26. The zero-order valence-electron chi connectivity index (χ0n) is 13.1.